The minimum Gasteiger partial charge on any atom is -0.491 e. The minimum atomic E-state index is -0.589. The van der Waals surface area contributed by atoms with Gasteiger partial charge in [0.2, 0.25) is 0 Å². The highest BCUT2D eigenvalue weighted by Crippen LogP contribution is 2.24. The summed E-state index contributed by atoms with van der Waals surface area (Å²) in [6.07, 6.45) is 2.23. The SMILES string of the molecule is CCC(Oc1ccc(-c2ccccc2)cc1)C(=O)Nc1cccc(OCC2CCCO2)c1. The Morgan fingerprint density at radius 2 is 1.78 bits per heavy atom. The number of hydrogen-bond donors (Lipinski definition) is 1. The van der Waals surface area contributed by atoms with Crippen LogP contribution in [0.4, 0.5) is 5.69 Å². The third-order valence-electron chi connectivity index (χ3n) is 5.46. The fraction of sp³-hybridized carbons (Fsp3) is 0.296. The Kier molecular flexibility index (Phi) is 7.41. The summed E-state index contributed by atoms with van der Waals surface area (Å²) in [5, 5.41) is 2.94. The van der Waals surface area contributed by atoms with Gasteiger partial charge in [-0.25, -0.2) is 0 Å². The summed E-state index contributed by atoms with van der Waals surface area (Å²) < 4.78 is 17.4. The van der Waals surface area contributed by atoms with Crippen LogP contribution in [0, 0.1) is 0 Å². The Morgan fingerprint density at radius 1 is 1.00 bits per heavy atom. The van der Waals surface area contributed by atoms with E-state index < -0.39 is 6.10 Å². The molecule has 32 heavy (non-hydrogen) atoms. The third kappa shape index (κ3) is 5.89. The second-order valence-corrected chi connectivity index (χ2v) is 7.87. The van der Waals surface area contributed by atoms with Crippen LogP contribution in [0.1, 0.15) is 26.2 Å². The summed E-state index contributed by atoms with van der Waals surface area (Å²) in [6, 6.07) is 25.4. The van der Waals surface area contributed by atoms with Crippen molar-refractivity contribution in [3.63, 3.8) is 0 Å². The summed E-state index contributed by atoms with van der Waals surface area (Å²) in [4.78, 5) is 12.8. The van der Waals surface area contributed by atoms with Gasteiger partial charge in [0.05, 0.1) is 6.10 Å². The van der Waals surface area contributed by atoms with Crippen LogP contribution in [-0.4, -0.2) is 31.3 Å². The van der Waals surface area contributed by atoms with Crippen LogP contribution >= 0.6 is 0 Å². The first-order valence-corrected chi connectivity index (χ1v) is 11.2. The molecule has 1 saturated heterocycles. The van der Waals surface area contributed by atoms with Gasteiger partial charge in [-0.2, -0.15) is 0 Å². The lowest BCUT2D eigenvalue weighted by Crippen LogP contribution is -2.32. The lowest BCUT2D eigenvalue weighted by atomic mass is 10.1. The van der Waals surface area contributed by atoms with Gasteiger partial charge < -0.3 is 19.5 Å². The Balaban J connectivity index is 1.34. The lowest BCUT2D eigenvalue weighted by Gasteiger charge is -2.18. The fourth-order valence-corrected chi connectivity index (χ4v) is 3.69. The lowest BCUT2D eigenvalue weighted by molar-refractivity contribution is -0.122. The van der Waals surface area contributed by atoms with E-state index in [9.17, 15) is 4.79 Å². The number of hydrogen-bond acceptors (Lipinski definition) is 4. The van der Waals surface area contributed by atoms with Crippen molar-refractivity contribution in [3.05, 3.63) is 78.9 Å². The van der Waals surface area contributed by atoms with Crippen molar-refractivity contribution in [1.29, 1.82) is 0 Å². The molecule has 1 fully saturated rings. The van der Waals surface area contributed by atoms with Crippen LogP contribution < -0.4 is 14.8 Å². The van der Waals surface area contributed by atoms with Crippen LogP contribution in [0.5, 0.6) is 11.5 Å². The van der Waals surface area contributed by atoms with E-state index in [0.717, 1.165) is 30.6 Å². The second kappa shape index (κ2) is 10.8. The Bertz CT molecular complexity index is 998. The zero-order valence-electron chi connectivity index (χ0n) is 18.3. The van der Waals surface area contributed by atoms with E-state index in [1.807, 2.05) is 73.7 Å². The highest BCUT2D eigenvalue weighted by Gasteiger charge is 2.19. The molecule has 0 bridgehead atoms. The predicted octanol–water partition coefficient (Wildman–Crippen LogP) is 5.71. The molecule has 1 aliphatic rings. The quantitative estimate of drug-likeness (QED) is 0.472. The van der Waals surface area contributed by atoms with Gasteiger partial charge in [0.1, 0.15) is 18.1 Å². The first-order valence-electron chi connectivity index (χ1n) is 11.2. The van der Waals surface area contributed by atoms with Crippen molar-refractivity contribution in [3.8, 4) is 22.6 Å². The molecule has 2 unspecified atom stereocenters. The van der Waals surface area contributed by atoms with Gasteiger partial charge in [0.25, 0.3) is 5.91 Å². The molecule has 0 aromatic heterocycles. The monoisotopic (exact) mass is 431 g/mol. The molecule has 5 nitrogen and oxygen atoms in total. The maximum atomic E-state index is 12.8. The molecule has 0 saturated carbocycles. The molecule has 166 valence electrons. The summed E-state index contributed by atoms with van der Waals surface area (Å²) in [5.41, 5.74) is 2.93. The van der Waals surface area contributed by atoms with Gasteiger partial charge in [-0.1, -0.05) is 55.5 Å². The van der Waals surface area contributed by atoms with Gasteiger partial charge in [-0.15, -0.1) is 0 Å². The second-order valence-electron chi connectivity index (χ2n) is 7.87. The third-order valence-corrected chi connectivity index (χ3v) is 5.46. The van der Waals surface area contributed by atoms with Crippen molar-refractivity contribution in [2.24, 2.45) is 0 Å². The van der Waals surface area contributed by atoms with Crippen LogP contribution in [0.25, 0.3) is 11.1 Å². The number of carbonyl (C=O) groups is 1. The molecule has 0 radical (unpaired) electrons. The molecule has 0 spiro atoms. The zero-order chi connectivity index (χ0) is 22.2. The van der Waals surface area contributed by atoms with Gasteiger partial charge >= 0.3 is 0 Å². The van der Waals surface area contributed by atoms with Gasteiger partial charge in [0, 0.05) is 18.4 Å². The van der Waals surface area contributed by atoms with Gasteiger partial charge in [0.15, 0.2) is 6.10 Å². The molecule has 3 aromatic carbocycles. The van der Waals surface area contributed by atoms with Crippen LogP contribution in [0.15, 0.2) is 78.9 Å². The highest BCUT2D eigenvalue weighted by molar-refractivity contribution is 5.94. The Labute approximate surface area is 189 Å². The summed E-state index contributed by atoms with van der Waals surface area (Å²) in [7, 11) is 0. The number of rotatable bonds is 9. The van der Waals surface area contributed by atoms with Crippen LogP contribution in [0.2, 0.25) is 0 Å². The standard InChI is InChI=1S/C27H29NO4/c1-2-26(32-23-15-13-21(14-16-23)20-8-4-3-5-9-20)27(29)28-22-10-6-11-24(18-22)31-19-25-12-7-17-30-25/h3-6,8-11,13-16,18,25-26H,2,7,12,17,19H2,1H3,(H,28,29). The number of carbonyl (C=O) groups excluding carboxylic acids is 1. The summed E-state index contributed by atoms with van der Waals surface area (Å²) in [5.74, 6) is 1.19. The molecule has 1 heterocycles. The number of amides is 1. The molecule has 0 aliphatic carbocycles. The van der Waals surface area contributed by atoms with E-state index in [0.29, 0.717) is 30.2 Å². The van der Waals surface area contributed by atoms with Gasteiger partial charge in [-0.3, -0.25) is 4.79 Å². The molecule has 1 amide bonds. The maximum absolute atomic E-state index is 12.8. The number of nitrogens with one attached hydrogen (secondary N) is 1. The molecule has 1 N–H and O–H groups in total. The zero-order valence-corrected chi connectivity index (χ0v) is 18.3. The van der Waals surface area contributed by atoms with E-state index in [1.165, 1.54) is 0 Å². The molecule has 1 aliphatic heterocycles. The van der Waals surface area contributed by atoms with Crippen molar-refractivity contribution in [1.82, 2.24) is 0 Å². The Morgan fingerprint density at radius 3 is 2.50 bits per heavy atom. The average Bonchev–Trinajstić information content (AvgIpc) is 3.36. The van der Waals surface area contributed by atoms with Crippen molar-refractivity contribution in [2.45, 2.75) is 38.4 Å². The van der Waals surface area contributed by atoms with Gasteiger partial charge in [-0.05, 0) is 54.7 Å². The topological polar surface area (TPSA) is 56.8 Å². The predicted molar refractivity (Wildman–Crippen MR) is 126 cm³/mol. The normalized spacial score (nSPS) is 16.3. The van der Waals surface area contributed by atoms with Crippen molar-refractivity contribution < 1.29 is 19.0 Å². The van der Waals surface area contributed by atoms with Crippen molar-refractivity contribution in [2.75, 3.05) is 18.5 Å². The summed E-state index contributed by atoms with van der Waals surface area (Å²) in [6.45, 7) is 3.26. The first-order chi connectivity index (χ1) is 15.7. The molecule has 3 aromatic rings. The minimum absolute atomic E-state index is 0.152. The molecular formula is C27H29NO4. The molecule has 4 rings (SSSR count). The smallest absolute Gasteiger partial charge is 0.265 e. The summed E-state index contributed by atoms with van der Waals surface area (Å²) >= 11 is 0. The number of ether oxygens (including phenoxy) is 3. The highest BCUT2D eigenvalue weighted by atomic mass is 16.5. The van der Waals surface area contributed by atoms with E-state index in [2.05, 4.69) is 17.4 Å². The van der Waals surface area contributed by atoms with Crippen molar-refractivity contribution >= 4 is 11.6 Å². The van der Waals surface area contributed by atoms with E-state index in [4.69, 9.17) is 14.2 Å². The van der Waals surface area contributed by atoms with Crippen LogP contribution in [0.3, 0.4) is 0 Å². The first kappa shape index (κ1) is 21.9. The largest absolute Gasteiger partial charge is 0.491 e. The average molecular weight is 432 g/mol. The van der Waals surface area contributed by atoms with E-state index >= 15 is 0 Å². The van der Waals surface area contributed by atoms with E-state index in [-0.39, 0.29) is 12.0 Å². The van der Waals surface area contributed by atoms with Crippen LogP contribution in [-0.2, 0) is 9.53 Å². The molecule has 5 heteroatoms. The number of benzene rings is 3. The van der Waals surface area contributed by atoms with E-state index in [1.54, 1.807) is 0 Å². The molecule has 2 atom stereocenters. The fourth-order valence-electron chi connectivity index (χ4n) is 3.69. The Hall–Kier alpha value is -3.31. The maximum Gasteiger partial charge on any atom is 0.265 e. The molecular weight excluding hydrogens is 402 g/mol. The number of anilines is 1.